The van der Waals surface area contributed by atoms with Crippen LogP contribution in [0.15, 0.2) is 48.5 Å². The first-order chi connectivity index (χ1) is 11.4. The molecule has 2 aromatic carbocycles. The molecule has 24 heavy (non-hydrogen) atoms. The molecule has 0 aliphatic heterocycles. The van der Waals surface area contributed by atoms with Crippen molar-refractivity contribution in [1.29, 1.82) is 0 Å². The monoisotopic (exact) mass is 339 g/mol. The number of nitrogens with one attached hydrogen (secondary N) is 1. The number of carbonyl (C=O) groups excluding carboxylic acids is 1. The van der Waals surface area contributed by atoms with E-state index in [2.05, 4.69) is 5.32 Å². The Morgan fingerprint density at radius 2 is 1.71 bits per heavy atom. The fourth-order valence-corrected chi connectivity index (χ4v) is 1.97. The highest BCUT2D eigenvalue weighted by Gasteiger charge is 2.34. The van der Waals surface area contributed by atoms with E-state index in [1.165, 1.54) is 18.2 Å². The van der Waals surface area contributed by atoms with E-state index in [0.717, 1.165) is 6.07 Å². The van der Waals surface area contributed by atoms with Crippen molar-refractivity contribution in [2.24, 2.45) is 0 Å². The average molecular weight is 339 g/mol. The zero-order chi connectivity index (χ0) is 17.6. The zero-order valence-electron chi connectivity index (χ0n) is 12.9. The molecule has 4 nitrogen and oxygen atoms in total. The molecule has 2 aromatic rings. The van der Waals surface area contributed by atoms with Crippen molar-refractivity contribution < 1.29 is 27.4 Å². The molecular formula is C17H16F3NO3. The molecule has 128 valence electrons. The normalized spacial score (nSPS) is 11.0. The largest absolute Gasteiger partial charge is 0.494 e. The number of para-hydroxylation sites is 1. The van der Waals surface area contributed by atoms with Crippen LogP contribution in [-0.2, 0) is 11.0 Å². The van der Waals surface area contributed by atoms with Gasteiger partial charge in [-0.1, -0.05) is 12.1 Å². The highest BCUT2D eigenvalue weighted by Crippen LogP contribution is 2.35. The third kappa shape index (κ3) is 4.91. The van der Waals surface area contributed by atoms with Crippen LogP contribution < -0.4 is 14.8 Å². The highest BCUT2D eigenvalue weighted by atomic mass is 19.4. The van der Waals surface area contributed by atoms with Gasteiger partial charge in [-0.3, -0.25) is 4.79 Å². The van der Waals surface area contributed by atoms with Gasteiger partial charge < -0.3 is 14.8 Å². The van der Waals surface area contributed by atoms with Crippen LogP contribution in [-0.4, -0.2) is 19.1 Å². The van der Waals surface area contributed by atoms with E-state index in [0.29, 0.717) is 18.0 Å². The maximum Gasteiger partial charge on any atom is 0.419 e. The summed E-state index contributed by atoms with van der Waals surface area (Å²) in [6.07, 6.45) is -4.54. The van der Waals surface area contributed by atoms with Gasteiger partial charge in [0, 0.05) is 5.69 Å². The Hall–Kier alpha value is -2.70. The molecule has 0 saturated heterocycles. The predicted molar refractivity (Wildman–Crippen MR) is 83.2 cm³/mol. The van der Waals surface area contributed by atoms with Crippen molar-refractivity contribution in [1.82, 2.24) is 0 Å². The van der Waals surface area contributed by atoms with Gasteiger partial charge in [0.05, 0.1) is 12.2 Å². The van der Waals surface area contributed by atoms with Crippen LogP contribution in [0.5, 0.6) is 11.5 Å². The molecule has 0 radical (unpaired) electrons. The number of ether oxygens (including phenoxy) is 2. The molecule has 1 N–H and O–H groups in total. The molecule has 0 saturated carbocycles. The number of anilines is 1. The second kappa shape index (κ2) is 7.72. The molecule has 0 fully saturated rings. The number of halogens is 3. The molecule has 0 aliphatic rings. The van der Waals surface area contributed by atoms with Crippen molar-refractivity contribution in [3.8, 4) is 11.5 Å². The van der Waals surface area contributed by atoms with E-state index in [9.17, 15) is 18.0 Å². The summed E-state index contributed by atoms with van der Waals surface area (Å²) >= 11 is 0. The number of benzene rings is 2. The lowest BCUT2D eigenvalue weighted by Gasteiger charge is -2.13. The Bertz CT molecular complexity index is 684. The number of alkyl halides is 3. The zero-order valence-corrected chi connectivity index (χ0v) is 12.9. The summed E-state index contributed by atoms with van der Waals surface area (Å²) in [7, 11) is 0. The van der Waals surface area contributed by atoms with Crippen LogP contribution in [0.2, 0.25) is 0 Å². The minimum absolute atomic E-state index is 0.383. The number of carbonyl (C=O) groups is 1. The smallest absolute Gasteiger partial charge is 0.419 e. The molecule has 0 aromatic heterocycles. The Morgan fingerprint density at radius 1 is 1.04 bits per heavy atom. The van der Waals surface area contributed by atoms with Gasteiger partial charge in [0.2, 0.25) is 0 Å². The molecule has 0 aliphatic carbocycles. The Kier molecular flexibility index (Phi) is 5.68. The van der Waals surface area contributed by atoms with Crippen molar-refractivity contribution in [2.75, 3.05) is 18.5 Å². The van der Waals surface area contributed by atoms with E-state index in [1.807, 2.05) is 6.92 Å². The second-order valence-electron chi connectivity index (χ2n) is 4.79. The van der Waals surface area contributed by atoms with Crippen LogP contribution in [0, 0.1) is 0 Å². The summed E-state index contributed by atoms with van der Waals surface area (Å²) in [5.41, 5.74) is -0.421. The van der Waals surface area contributed by atoms with Gasteiger partial charge >= 0.3 is 6.18 Å². The van der Waals surface area contributed by atoms with Crippen LogP contribution in [0.3, 0.4) is 0 Å². The minimum atomic E-state index is -4.54. The SMILES string of the molecule is CCOc1ccc(NC(=O)COc2ccccc2C(F)(F)F)cc1. The summed E-state index contributed by atoms with van der Waals surface area (Å²) in [5, 5.41) is 2.54. The topological polar surface area (TPSA) is 47.6 Å². The van der Waals surface area contributed by atoms with Gasteiger partial charge in [0.25, 0.3) is 5.91 Å². The molecule has 7 heteroatoms. The van der Waals surface area contributed by atoms with Crippen LogP contribution in [0.1, 0.15) is 12.5 Å². The van der Waals surface area contributed by atoms with Gasteiger partial charge in [0.1, 0.15) is 11.5 Å². The molecule has 0 bridgehead atoms. The maximum absolute atomic E-state index is 12.8. The number of hydrogen-bond donors (Lipinski definition) is 1. The summed E-state index contributed by atoms with van der Waals surface area (Å²) in [5.74, 6) is -0.283. The summed E-state index contributed by atoms with van der Waals surface area (Å²) < 4.78 is 48.8. The summed E-state index contributed by atoms with van der Waals surface area (Å²) in [4.78, 5) is 11.8. The molecular weight excluding hydrogens is 323 g/mol. The first-order valence-corrected chi connectivity index (χ1v) is 7.22. The Labute approximate surface area is 137 Å². The van der Waals surface area contributed by atoms with E-state index < -0.39 is 24.3 Å². The first kappa shape index (κ1) is 17.7. The predicted octanol–water partition coefficient (Wildman–Crippen LogP) is 4.12. The van der Waals surface area contributed by atoms with E-state index in [1.54, 1.807) is 24.3 Å². The van der Waals surface area contributed by atoms with Gasteiger partial charge in [-0.05, 0) is 43.3 Å². The van der Waals surface area contributed by atoms with Gasteiger partial charge in [-0.15, -0.1) is 0 Å². The molecule has 0 atom stereocenters. The van der Waals surface area contributed by atoms with Crippen LogP contribution in [0.25, 0.3) is 0 Å². The number of amides is 1. The van der Waals surface area contributed by atoms with Gasteiger partial charge in [-0.2, -0.15) is 13.2 Å². The Balaban J connectivity index is 1.94. The third-order valence-corrected chi connectivity index (χ3v) is 3.00. The molecule has 0 unspecified atom stereocenters. The standard InChI is InChI=1S/C17H16F3NO3/c1-2-23-13-9-7-12(8-10-13)21-16(22)11-24-15-6-4-3-5-14(15)17(18,19)20/h3-10H,2,11H2,1H3,(H,21,22). The molecule has 1 amide bonds. The fraction of sp³-hybridized carbons (Fsp3) is 0.235. The summed E-state index contributed by atoms with van der Waals surface area (Å²) in [6, 6.07) is 11.4. The van der Waals surface area contributed by atoms with Crippen LogP contribution >= 0.6 is 0 Å². The Morgan fingerprint density at radius 3 is 2.33 bits per heavy atom. The van der Waals surface area contributed by atoms with Crippen LogP contribution in [0.4, 0.5) is 18.9 Å². The molecule has 0 spiro atoms. The first-order valence-electron chi connectivity index (χ1n) is 7.22. The average Bonchev–Trinajstić information content (AvgIpc) is 2.54. The fourth-order valence-electron chi connectivity index (χ4n) is 1.97. The van der Waals surface area contributed by atoms with Gasteiger partial charge in [0.15, 0.2) is 6.61 Å². The number of rotatable bonds is 6. The van der Waals surface area contributed by atoms with E-state index in [-0.39, 0.29) is 5.75 Å². The lowest BCUT2D eigenvalue weighted by Crippen LogP contribution is -2.21. The summed E-state index contributed by atoms with van der Waals surface area (Å²) in [6.45, 7) is 1.85. The molecule has 2 rings (SSSR count). The highest BCUT2D eigenvalue weighted by molar-refractivity contribution is 5.91. The van der Waals surface area contributed by atoms with E-state index >= 15 is 0 Å². The van der Waals surface area contributed by atoms with Crippen molar-refractivity contribution in [3.63, 3.8) is 0 Å². The lowest BCUT2D eigenvalue weighted by atomic mass is 10.2. The van der Waals surface area contributed by atoms with Gasteiger partial charge in [-0.25, -0.2) is 0 Å². The quantitative estimate of drug-likeness (QED) is 0.861. The molecule has 0 heterocycles. The van der Waals surface area contributed by atoms with Crippen molar-refractivity contribution in [3.05, 3.63) is 54.1 Å². The van der Waals surface area contributed by atoms with E-state index in [4.69, 9.17) is 9.47 Å². The maximum atomic E-state index is 12.8. The second-order valence-corrected chi connectivity index (χ2v) is 4.79. The minimum Gasteiger partial charge on any atom is -0.494 e. The van der Waals surface area contributed by atoms with Crippen molar-refractivity contribution in [2.45, 2.75) is 13.1 Å². The lowest BCUT2D eigenvalue weighted by molar-refractivity contribution is -0.139. The third-order valence-electron chi connectivity index (χ3n) is 3.00. The number of hydrogen-bond acceptors (Lipinski definition) is 3. The van der Waals surface area contributed by atoms with Crippen molar-refractivity contribution >= 4 is 11.6 Å².